The fourth-order valence-electron chi connectivity index (χ4n) is 1.07. The van der Waals surface area contributed by atoms with Crippen molar-refractivity contribution in [1.82, 2.24) is 9.97 Å². The fraction of sp³-hybridized carbons (Fsp3) is 0.556. The van der Waals surface area contributed by atoms with E-state index in [-0.39, 0.29) is 10.4 Å². The Balaban J connectivity index is 2.49. The summed E-state index contributed by atoms with van der Waals surface area (Å²) >= 11 is 5.74. The molecule has 5 nitrogen and oxygen atoms in total. The SMILES string of the molecule is CC(CCNc1ncnc(Cl)c1N)S(C)=O. The Bertz CT molecular complexity index is 388. The van der Waals surface area contributed by atoms with Crippen molar-refractivity contribution in [2.75, 3.05) is 23.9 Å². The Morgan fingerprint density at radius 3 is 2.94 bits per heavy atom. The van der Waals surface area contributed by atoms with Crippen molar-refractivity contribution < 1.29 is 4.21 Å². The fourth-order valence-corrected chi connectivity index (χ4v) is 1.66. The highest BCUT2D eigenvalue weighted by atomic mass is 35.5. The molecule has 0 aliphatic carbocycles. The van der Waals surface area contributed by atoms with Gasteiger partial charge in [0.1, 0.15) is 12.0 Å². The topological polar surface area (TPSA) is 80.9 Å². The lowest BCUT2D eigenvalue weighted by molar-refractivity contribution is 0.672. The summed E-state index contributed by atoms with van der Waals surface area (Å²) in [6, 6.07) is 0. The normalized spacial score (nSPS) is 14.4. The molecule has 2 atom stereocenters. The quantitative estimate of drug-likeness (QED) is 0.782. The van der Waals surface area contributed by atoms with Crippen LogP contribution in [0.25, 0.3) is 0 Å². The second-order valence-electron chi connectivity index (χ2n) is 3.45. The second kappa shape index (κ2) is 6.00. The third-order valence-corrected chi connectivity index (χ3v) is 3.92. The molecule has 0 saturated heterocycles. The zero-order chi connectivity index (χ0) is 12.1. The van der Waals surface area contributed by atoms with Crippen LogP contribution in [0, 0.1) is 0 Å². The van der Waals surface area contributed by atoms with E-state index in [1.165, 1.54) is 6.33 Å². The maximum Gasteiger partial charge on any atom is 0.157 e. The lowest BCUT2D eigenvalue weighted by Crippen LogP contribution is -2.16. The molecule has 0 radical (unpaired) electrons. The number of halogens is 1. The molecule has 16 heavy (non-hydrogen) atoms. The molecule has 0 bridgehead atoms. The zero-order valence-corrected chi connectivity index (χ0v) is 10.8. The molecular weight excluding hydrogens is 248 g/mol. The lowest BCUT2D eigenvalue weighted by atomic mass is 10.3. The molecule has 0 saturated carbocycles. The monoisotopic (exact) mass is 262 g/mol. The number of anilines is 2. The zero-order valence-electron chi connectivity index (χ0n) is 9.24. The Labute approximate surface area is 102 Å². The van der Waals surface area contributed by atoms with Crippen molar-refractivity contribution in [3.05, 3.63) is 11.5 Å². The summed E-state index contributed by atoms with van der Waals surface area (Å²) in [7, 11) is -0.808. The van der Waals surface area contributed by atoms with Gasteiger partial charge >= 0.3 is 0 Å². The largest absolute Gasteiger partial charge is 0.393 e. The highest BCUT2D eigenvalue weighted by Gasteiger charge is 2.08. The molecule has 3 N–H and O–H groups in total. The van der Waals surface area contributed by atoms with Gasteiger partial charge in [0.05, 0.1) is 0 Å². The van der Waals surface area contributed by atoms with Crippen molar-refractivity contribution >= 4 is 33.9 Å². The van der Waals surface area contributed by atoms with Crippen molar-refractivity contribution in [1.29, 1.82) is 0 Å². The Kier molecular flexibility index (Phi) is 4.95. The van der Waals surface area contributed by atoms with Crippen molar-refractivity contribution in [3.8, 4) is 0 Å². The molecule has 0 spiro atoms. The molecule has 7 heteroatoms. The van der Waals surface area contributed by atoms with Crippen LogP contribution in [0.1, 0.15) is 13.3 Å². The number of nitrogens with zero attached hydrogens (tertiary/aromatic N) is 2. The minimum absolute atomic E-state index is 0.144. The average molecular weight is 263 g/mol. The predicted molar refractivity (Wildman–Crippen MR) is 68.1 cm³/mol. The summed E-state index contributed by atoms with van der Waals surface area (Å²) in [5.74, 6) is 0.522. The minimum Gasteiger partial charge on any atom is -0.393 e. The maximum atomic E-state index is 11.1. The van der Waals surface area contributed by atoms with Crippen LogP contribution in [0.4, 0.5) is 11.5 Å². The molecule has 0 aliphatic heterocycles. The van der Waals surface area contributed by atoms with Gasteiger partial charge in [-0.25, -0.2) is 9.97 Å². The first kappa shape index (κ1) is 13.2. The van der Waals surface area contributed by atoms with Gasteiger partial charge in [-0.05, 0) is 6.42 Å². The number of nitrogens with one attached hydrogen (secondary N) is 1. The second-order valence-corrected chi connectivity index (χ2v) is 5.61. The summed E-state index contributed by atoms with van der Waals surface area (Å²) in [6.07, 6.45) is 3.83. The van der Waals surface area contributed by atoms with Crippen LogP contribution in [0.3, 0.4) is 0 Å². The van der Waals surface area contributed by atoms with E-state index < -0.39 is 10.8 Å². The molecule has 1 aromatic rings. The Morgan fingerprint density at radius 1 is 1.62 bits per heavy atom. The highest BCUT2D eigenvalue weighted by Crippen LogP contribution is 2.21. The van der Waals surface area contributed by atoms with Crippen LogP contribution in [-0.4, -0.2) is 32.2 Å². The van der Waals surface area contributed by atoms with E-state index in [4.69, 9.17) is 17.3 Å². The van der Waals surface area contributed by atoms with Gasteiger partial charge in [0.15, 0.2) is 11.0 Å². The summed E-state index contributed by atoms with van der Waals surface area (Å²) in [5.41, 5.74) is 6.02. The molecule has 1 heterocycles. The summed E-state index contributed by atoms with van der Waals surface area (Å²) in [5, 5.41) is 3.43. The van der Waals surface area contributed by atoms with Crippen molar-refractivity contribution in [3.63, 3.8) is 0 Å². The standard InChI is InChI=1S/C9H15ClN4OS/c1-6(16(2)15)3-4-12-9-7(11)8(10)13-5-14-9/h5-6H,3-4,11H2,1-2H3,(H,12,13,14). The van der Waals surface area contributed by atoms with Gasteiger partial charge in [0.25, 0.3) is 0 Å². The van der Waals surface area contributed by atoms with Crippen LogP contribution in [0.5, 0.6) is 0 Å². The van der Waals surface area contributed by atoms with E-state index >= 15 is 0 Å². The first-order valence-electron chi connectivity index (χ1n) is 4.84. The smallest absolute Gasteiger partial charge is 0.157 e. The number of nitrogens with two attached hydrogens (primary N) is 1. The predicted octanol–water partition coefficient (Wildman–Crippen LogP) is 1.28. The average Bonchev–Trinajstić information content (AvgIpc) is 2.24. The molecule has 0 aliphatic rings. The molecule has 0 aromatic carbocycles. The molecular formula is C9H15ClN4OS. The van der Waals surface area contributed by atoms with E-state index in [9.17, 15) is 4.21 Å². The van der Waals surface area contributed by atoms with Crippen molar-refractivity contribution in [2.24, 2.45) is 0 Å². The van der Waals surface area contributed by atoms with E-state index in [0.29, 0.717) is 18.1 Å². The van der Waals surface area contributed by atoms with Crippen LogP contribution in [-0.2, 0) is 10.8 Å². The number of aromatic nitrogens is 2. The molecule has 1 aromatic heterocycles. The third-order valence-electron chi connectivity index (χ3n) is 2.25. The van der Waals surface area contributed by atoms with Crippen LogP contribution in [0.2, 0.25) is 5.15 Å². The summed E-state index contributed by atoms with van der Waals surface area (Å²) in [4.78, 5) is 7.72. The van der Waals surface area contributed by atoms with Gasteiger partial charge in [0, 0.05) is 28.9 Å². The number of rotatable bonds is 5. The van der Waals surface area contributed by atoms with Crippen LogP contribution < -0.4 is 11.1 Å². The number of hydrogen-bond donors (Lipinski definition) is 2. The van der Waals surface area contributed by atoms with Crippen LogP contribution in [0.15, 0.2) is 6.33 Å². The van der Waals surface area contributed by atoms with Gasteiger partial charge in [-0.3, -0.25) is 4.21 Å². The molecule has 1 rings (SSSR count). The molecule has 2 unspecified atom stereocenters. The number of hydrogen-bond acceptors (Lipinski definition) is 5. The molecule has 90 valence electrons. The first-order chi connectivity index (χ1) is 7.52. The van der Waals surface area contributed by atoms with E-state index in [1.54, 1.807) is 6.26 Å². The molecule has 0 fully saturated rings. The van der Waals surface area contributed by atoms with Gasteiger partial charge < -0.3 is 11.1 Å². The Hall–Kier alpha value is -0.880. The highest BCUT2D eigenvalue weighted by molar-refractivity contribution is 7.84. The number of nitrogen functional groups attached to an aromatic ring is 1. The lowest BCUT2D eigenvalue weighted by Gasteiger charge is -2.11. The van der Waals surface area contributed by atoms with Crippen LogP contribution >= 0.6 is 11.6 Å². The van der Waals surface area contributed by atoms with Gasteiger partial charge in [-0.2, -0.15) is 0 Å². The van der Waals surface area contributed by atoms with Gasteiger partial charge in [-0.1, -0.05) is 18.5 Å². The van der Waals surface area contributed by atoms with Gasteiger partial charge in [0.2, 0.25) is 0 Å². The van der Waals surface area contributed by atoms with E-state index in [0.717, 1.165) is 6.42 Å². The Morgan fingerprint density at radius 2 is 2.31 bits per heavy atom. The van der Waals surface area contributed by atoms with E-state index in [2.05, 4.69) is 15.3 Å². The minimum atomic E-state index is -0.808. The van der Waals surface area contributed by atoms with Gasteiger partial charge in [-0.15, -0.1) is 0 Å². The third kappa shape index (κ3) is 3.61. The van der Waals surface area contributed by atoms with Crippen molar-refractivity contribution in [2.45, 2.75) is 18.6 Å². The summed E-state index contributed by atoms with van der Waals surface area (Å²) < 4.78 is 11.1. The summed E-state index contributed by atoms with van der Waals surface area (Å²) in [6.45, 7) is 2.59. The molecule has 0 amide bonds. The first-order valence-corrected chi connectivity index (χ1v) is 6.84. The maximum absolute atomic E-state index is 11.1. The van der Waals surface area contributed by atoms with E-state index in [1.807, 2.05) is 6.92 Å².